The number of nitrogens with zero attached hydrogens (tertiary/aromatic N) is 4. The van der Waals surface area contributed by atoms with Gasteiger partial charge in [0, 0.05) is 24.4 Å². The number of carbonyl (C=O) groups is 1. The molecule has 4 rings (SSSR count). The lowest BCUT2D eigenvalue weighted by Gasteiger charge is -2.24. The largest absolute Gasteiger partial charge is 0.444 e. The van der Waals surface area contributed by atoms with Gasteiger partial charge in [-0.05, 0) is 44.5 Å². The highest BCUT2D eigenvalue weighted by Gasteiger charge is 2.40. The van der Waals surface area contributed by atoms with Crippen LogP contribution in [-0.2, 0) is 22.3 Å². The molecule has 1 aromatic carbocycles. The topological polar surface area (TPSA) is 102 Å². The number of aromatic nitrogens is 4. The summed E-state index contributed by atoms with van der Waals surface area (Å²) in [5.74, 6) is 0. The molecule has 1 aliphatic rings. The minimum Gasteiger partial charge on any atom is -0.444 e. The fourth-order valence-electron chi connectivity index (χ4n) is 3.78. The number of pyridine rings is 1. The molecule has 12 heteroatoms. The fraction of sp³-hybridized carbons (Fsp3) is 0.417. The van der Waals surface area contributed by atoms with Crippen LogP contribution >= 0.6 is 0 Å². The molecule has 3 aromatic rings. The van der Waals surface area contributed by atoms with Crippen molar-refractivity contribution in [2.45, 2.75) is 51.3 Å². The van der Waals surface area contributed by atoms with Gasteiger partial charge in [0.2, 0.25) is 5.56 Å². The number of hydrogen-bond acceptors (Lipinski definition) is 6. The van der Waals surface area contributed by atoms with Crippen LogP contribution in [0.4, 0.5) is 18.0 Å². The van der Waals surface area contributed by atoms with Crippen LogP contribution in [0.25, 0.3) is 11.3 Å². The second-order valence-corrected chi connectivity index (χ2v) is 9.52. The molecule has 2 unspecified atom stereocenters. The summed E-state index contributed by atoms with van der Waals surface area (Å²) in [6.07, 6.45) is -2.23. The lowest BCUT2D eigenvalue weighted by Crippen LogP contribution is -2.36. The number of nitrogens with one attached hydrogen (secondary N) is 1. The Morgan fingerprint density at radius 3 is 2.44 bits per heavy atom. The van der Waals surface area contributed by atoms with Gasteiger partial charge in [-0.1, -0.05) is 17.3 Å². The summed E-state index contributed by atoms with van der Waals surface area (Å²) in [7, 11) is 0. The number of carbonyl (C=O) groups excluding carboxylic acids is 1. The Morgan fingerprint density at radius 1 is 1.11 bits per heavy atom. The van der Waals surface area contributed by atoms with Gasteiger partial charge in [-0.15, -0.1) is 5.10 Å². The first-order valence-corrected chi connectivity index (χ1v) is 11.3. The van der Waals surface area contributed by atoms with Crippen molar-refractivity contribution in [3.63, 3.8) is 0 Å². The minimum atomic E-state index is -4.42. The number of alkyl halides is 3. The summed E-state index contributed by atoms with van der Waals surface area (Å²) >= 11 is 0. The van der Waals surface area contributed by atoms with E-state index >= 15 is 0 Å². The van der Waals surface area contributed by atoms with Crippen molar-refractivity contribution in [1.29, 1.82) is 0 Å². The average molecular weight is 505 g/mol. The molecule has 2 aromatic heterocycles. The number of likely N-dealkylation sites (tertiary alicyclic amines) is 1. The molecule has 9 nitrogen and oxygen atoms in total. The van der Waals surface area contributed by atoms with Crippen molar-refractivity contribution < 1.29 is 27.4 Å². The average Bonchev–Trinajstić information content (AvgIpc) is 3.44. The van der Waals surface area contributed by atoms with Crippen LogP contribution in [0.2, 0.25) is 0 Å². The van der Waals surface area contributed by atoms with Gasteiger partial charge >= 0.3 is 12.3 Å². The number of benzene rings is 1. The molecule has 0 aliphatic carbocycles. The maximum Gasteiger partial charge on any atom is 0.416 e. The first kappa shape index (κ1) is 25.4. The van der Waals surface area contributed by atoms with E-state index < -0.39 is 35.6 Å². The molecule has 0 spiro atoms. The molecule has 192 valence electrons. The van der Waals surface area contributed by atoms with E-state index in [2.05, 4.69) is 15.3 Å². The summed E-state index contributed by atoms with van der Waals surface area (Å²) in [4.78, 5) is 28.2. The van der Waals surface area contributed by atoms with Crippen LogP contribution in [0.3, 0.4) is 0 Å². The van der Waals surface area contributed by atoms with Gasteiger partial charge in [0.15, 0.2) is 0 Å². The zero-order valence-electron chi connectivity index (χ0n) is 20.0. The Hall–Kier alpha value is -3.67. The molecule has 1 N–H and O–H groups in total. The molecule has 1 amide bonds. The van der Waals surface area contributed by atoms with Crippen molar-refractivity contribution in [2.75, 3.05) is 13.1 Å². The number of amides is 1. The van der Waals surface area contributed by atoms with Gasteiger partial charge in [-0.2, -0.15) is 13.2 Å². The molecule has 2 atom stereocenters. The minimum absolute atomic E-state index is 0.0446. The van der Waals surface area contributed by atoms with E-state index in [9.17, 15) is 22.8 Å². The van der Waals surface area contributed by atoms with Gasteiger partial charge in [-0.25, -0.2) is 9.48 Å². The molecule has 3 heterocycles. The highest BCUT2D eigenvalue weighted by Crippen LogP contribution is 2.30. The smallest absolute Gasteiger partial charge is 0.416 e. The van der Waals surface area contributed by atoms with E-state index in [1.54, 1.807) is 37.7 Å². The van der Waals surface area contributed by atoms with E-state index in [-0.39, 0.29) is 25.3 Å². The monoisotopic (exact) mass is 505 g/mol. The zero-order valence-corrected chi connectivity index (χ0v) is 20.0. The number of halogens is 3. The number of aromatic amines is 1. The molecule has 1 saturated heterocycles. The van der Waals surface area contributed by atoms with Gasteiger partial charge < -0.3 is 19.4 Å². The maximum atomic E-state index is 12.9. The Balaban J connectivity index is 1.52. The number of hydrogen-bond donors (Lipinski definition) is 1. The normalized spacial score (nSPS) is 18.4. The zero-order chi connectivity index (χ0) is 26.1. The lowest BCUT2D eigenvalue weighted by atomic mass is 10.1. The molecule has 0 radical (unpaired) electrons. The van der Waals surface area contributed by atoms with Crippen LogP contribution in [0, 0.1) is 0 Å². The first-order valence-electron chi connectivity index (χ1n) is 11.3. The third-order valence-electron chi connectivity index (χ3n) is 5.56. The SMILES string of the molecule is CC(C)(C)OC(=O)N1CC(OCc2ccc(C(F)(F)F)cc2)C(n2cc(-c3ccc(=O)[nH]c3)nn2)C1. The molecule has 0 saturated carbocycles. The number of H-pyrrole nitrogens is 1. The van der Waals surface area contributed by atoms with Gasteiger partial charge in [0.05, 0.1) is 37.1 Å². The van der Waals surface area contributed by atoms with Gasteiger partial charge in [0.25, 0.3) is 0 Å². The summed E-state index contributed by atoms with van der Waals surface area (Å²) in [6, 6.07) is 7.32. The molecule has 1 aliphatic heterocycles. The third-order valence-corrected chi connectivity index (χ3v) is 5.56. The van der Waals surface area contributed by atoms with Crippen LogP contribution in [-0.4, -0.2) is 55.8 Å². The second-order valence-electron chi connectivity index (χ2n) is 9.52. The summed E-state index contributed by atoms with van der Waals surface area (Å²) in [5, 5.41) is 8.37. The van der Waals surface area contributed by atoms with Crippen LogP contribution < -0.4 is 5.56 Å². The lowest BCUT2D eigenvalue weighted by molar-refractivity contribution is -0.137. The van der Waals surface area contributed by atoms with E-state index in [0.29, 0.717) is 16.8 Å². The van der Waals surface area contributed by atoms with Crippen LogP contribution in [0.1, 0.15) is 37.9 Å². The molecule has 0 bridgehead atoms. The molecule has 36 heavy (non-hydrogen) atoms. The summed E-state index contributed by atoms with van der Waals surface area (Å²) < 4.78 is 51.7. The number of rotatable bonds is 5. The predicted octanol–water partition coefficient (Wildman–Crippen LogP) is 4.03. The summed E-state index contributed by atoms with van der Waals surface area (Å²) in [6.45, 7) is 5.79. The van der Waals surface area contributed by atoms with Crippen molar-refractivity contribution in [2.24, 2.45) is 0 Å². The van der Waals surface area contributed by atoms with Crippen molar-refractivity contribution >= 4 is 6.09 Å². The van der Waals surface area contributed by atoms with E-state index in [4.69, 9.17) is 9.47 Å². The first-order chi connectivity index (χ1) is 16.9. The van der Waals surface area contributed by atoms with E-state index in [1.165, 1.54) is 29.3 Å². The summed E-state index contributed by atoms with van der Waals surface area (Å²) in [5.41, 5.74) is 0.0693. The second kappa shape index (κ2) is 9.76. The van der Waals surface area contributed by atoms with Crippen LogP contribution in [0.5, 0.6) is 0 Å². The molecular formula is C24H26F3N5O4. The van der Waals surface area contributed by atoms with Crippen LogP contribution in [0.15, 0.2) is 53.6 Å². The molecule has 1 fully saturated rings. The predicted molar refractivity (Wildman–Crippen MR) is 123 cm³/mol. The quantitative estimate of drug-likeness (QED) is 0.562. The van der Waals surface area contributed by atoms with Crippen molar-refractivity contribution in [3.05, 3.63) is 70.3 Å². The van der Waals surface area contributed by atoms with E-state index in [1.807, 2.05) is 0 Å². The Kier molecular flexibility index (Phi) is 6.90. The number of ether oxygens (including phenoxy) is 2. The Labute approximate surface area is 204 Å². The maximum absolute atomic E-state index is 12.9. The van der Waals surface area contributed by atoms with E-state index in [0.717, 1.165) is 12.1 Å². The van der Waals surface area contributed by atoms with Crippen molar-refractivity contribution in [3.8, 4) is 11.3 Å². The highest BCUT2D eigenvalue weighted by molar-refractivity contribution is 5.68. The Bertz CT molecular complexity index is 1240. The van der Waals surface area contributed by atoms with Crippen molar-refractivity contribution in [1.82, 2.24) is 24.9 Å². The fourth-order valence-corrected chi connectivity index (χ4v) is 3.78. The standard InChI is InChI=1S/C24H26F3N5O4/c1-23(2,3)36-22(34)31-12-19(32-11-18(29-30-32)16-6-9-21(33)28-10-16)20(13-31)35-14-15-4-7-17(8-5-15)24(25,26)27/h4-11,19-20H,12-14H2,1-3H3,(H,28,33). The Morgan fingerprint density at radius 2 is 1.83 bits per heavy atom. The highest BCUT2D eigenvalue weighted by atomic mass is 19.4. The van der Waals surface area contributed by atoms with Gasteiger partial charge in [-0.3, -0.25) is 4.79 Å². The third kappa shape index (κ3) is 6.11. The molecular weight excluding hydrogens is 479 g/mol. The van der Waals surface area contributed by atoms with Gasteiger partial charge in [0.1, 0.15) is 11.3 Å².